The molecule has 0 bridgehead atoms. The number of amides is 1. The summed E-state index contributed by atoms with van der Waals surface area (Å²) in [6.07, 6.45) is 0.621. The lowest BCUT2D eigenvalue weighted by molar-refractivity contribution is -0.115. The number of hydrogen-bond donors (Lipinski definition) is 2. The van der Waals surface area contributed by atoms with E-state index in [4.69, 9.17) is 0 Å². The molecule has 1 heterocycles. The number of fused-ring (bicyclic) bond motifs is 1. The molecule has 2 N–H and O–H groups in total. The molecule has 2 aromatic carbocycles. The van der Waals surface area contributed by atoms with Crippen molar-refractivity contribution in [1.29, 1.82) is 0 Å². The molecule has 1 aliphatic heterocycles. The first kappa shape index (κ1) is 18.0. The van der Waals surface area contributed by atoms with E-state index >= 15 is 0 Å². The lowest BCUT2D eigenvalue weighted by Gasteiger charge is -2.21. The lowest BCUT2D eigenvalue weighted by Crippen LogP contribution is -2.28. The fraction of sp³-hybridized carbons (Fsp3) is 0.278. The van der Waals surface area contributed by atoms with E-state index in [2.05, 4.69) is 10.0 Å². The maximum Gasteiger partial charge on any atom is 0.240 e. The summed E-state index contributed by atoms with van der Waals surface area (Å²) in [5, 5.41) is 2.58. The van der Waals surface area contributed by atoms with Crippen molar-refractivity contribution in [3.8, 4) is 0 Å². The molecule has 0 unspecified atom stereocenters. The minimum absolute atomic E-state index is 0.112. The summed E-state index contributed by atoms with van der Waals surface area (Å²) in [6.45, 7) is 4.15. The minimum Gasteiger partial charge on any atom is -0.324 e. The number of aryl methyl sites for hydroxylation is 1. The SMILES string of the molecule is Cc1cccc(CCNS(=O)(=O)c2ccc3c(c2)NC(=O)[C@H](C)S3)c1. The van der Waals surface area contributed by atoms with E-state index in [0.29, 0.717) is 18.7 Å². The van der Waals surface area contributed by atoms with Gasteiger partial charge in [-0.15, -0.1) is 11.8 Å². The van der Waals surface area contributed by atoms with E-state index < -0.39 is 10.0 Å². The maximum absolute atomic E-state index is 12.5. The molecule has 3 rings (SSSR count). The van der Waals surface area contributed by atoms with E-state index in [-0.39, 0.29) is 16.1 Å². The molecule has 0 spiro atoms. The van der Waals surface area contributed by atoms with Gasteiger partial charge in [0.15, 0.2) is 0 Å². The molecule has 7 heteroatoms. The van der Waals surface area contributed by atoms with Gasteiger partial charge < -0.3 is 5.32 Å². The number of anilines is 1. The summed E-state index contributed by atoms with van der Waals surface area (Å²) in [7, 11) is -3.62. The molecule has 1 amide bonds. The highest BCUT2D eigenvalue weighted by molar-refractivity contribution is 8.01. The molecule has 25 heavy (non-hydrogen) atoms. The number of carbonyl (C=O) groups excluding carboxylic acids is 1. The van der Waals surface area contributed by atoms with Gasteiger partial charge in [0.25, 0.3) is 0 Å². The first-order valence-corrected chi connectivity index (χ1v) is 10.4. The number of benzene rings is 2. The second-order valence-corrected chi connectivity index (χ2v) is 9.19. The van der Waals surface area contributed by atoms with Crippen molar-refractivity contribution in [3.05, 3.63) is 53.6 Å². The average Bonchev–Trinajstić information content (AvgIpc) is 2.55. The van der Waals surface area contributed by atoms with Gasteiger partial charge in [0.2, 0.25) is 15.9 Å². The summed E-state index contributed by atoms with van der Waals surface area (Å²) >= 11 is 1.43. The predicted octanol–water partition coefficient (Wildman–Crippen LogP) is 2.95. The Labute approximate surface area is 152 Å². The van der Waals surface area contributed by atoms with Crippen molar-refractivity contribution >= 4 is 33.4 Å². The largest absolute Gasteiger partial charge is 0.324 e. The number of hydrogen-bond acceptors (Lipinski definition) is 4. The highest BCUT2D eigenvalue weighted by Crippen LogP contribution is 2.36. The van der Waals surface area contributed by atoms with Gasteiger partial charge in [-0.2, -0.15) is 0 Å². The number of nitrogens with one attached hydrogen (secondary N) is 2. The Hall–Kier alpha value is -1.83. The van der Waals surface area contributed by atoms with E-state index in [0.717, 1.165) is 16.0 Å². The second-order valence-electron chi connectivity index (χ2n) is 6.04. The first-order chi connectivity index (χ1) is 11.8. The van der Waals surface area contributed by atoms with Crippen LogP contribution in [0.15, 0.2) is 52.3 Å². The van der Waals surface area contributed by atoms with Crippen molar-refractivity contribution < 1.29 is 13.2 Å². The first-order valence-electron chi connectivity index (χ1n) is 8.02. The number of rotatable bonds is 5. The molecule has 5 nitrogen and oxygen atoms in total. The van der Waals surface area contributed by atoms with Gasteiger partial charge >= 0.3 is 0 Å². The quantitative estimate of drug-likeness (QED) is 0.841. The minimum atomic E-state index is -3.62. The number of carbonyl (C=O) groups is 1. The van der Waals surface area contributed by atoms with Crippen molar-refractivity contribution in [2.75, 3.05) is 11.9 Å². The molecular weight excluding hydrogens is 356 g/mol. The fourth-order valence-corrected chi connectivity index (χ4v) is 4.62. The van der Waals surface area contributed by atoms with Crippen LogP contribution in [0.25, 0.3) is 0 Å². The molecule has 0 saturated carbocycles. The molecule has 1 atom stereocenters. The Morgan fingerprint density at radius 3 is 2.76 bits per heavy atom. The molecule has 0 saturated heterocycles. The van der Waals surface area contributed by atoms with Gasteiger partial charge in [0.1, 0.15) is 0 Å². The number of thioether (sulfide) groups is 1. The summed E-state index contributed by atoms with van der Waals surface area (Å²) in [6, 6.07) is 12.8. The monoisotopic (exact) mass is 376 g/mol. The van der Waals surface area contributed by atoms with Crippen LogP contribution in [0.1, 0.15) is 18.1 Å². The van der Waals surface area contributed by atoms with Crippen LogP contribution >= 0.6 is 11.8 Å². The molecule has 0 aliphatic carbocycles. The molecular formula is C18H20N2O3S2. The van der Waals surface area contributed by atoms with Crippen LogP contribution < -0.4 is 10.0 Å². The van der Waals surface area contributed by atoms with Crippen LogP contribution in [0.2, 0.25) is 0 Å². The molecule has 1 aliphatic rings. The van der Waals surface area contributed by atoms with Crippen molar-refractivity contribution in [2.45, 2.75) is 35.3 Å². The lowest BCUT2D eigenvalue weighted by atomic mass is 10.1. The molecule has 0 radical (unpaired) electrons. The van der Waals surface area contributed by atoms with Crippen molar-refractivity contribution in [1.82, 2.24) is 4.72 Å². The molecule has 2 aromatic rings. The fourth-order valence-electron chi connectivity index (χ4n) is 2.64. The van der Waals surface area contributed by atoms with Crippen molar-refractivity contribution in [3.63, 3.8) is 0 Å². The van der Waals surface area contributed by atoms with E-state index in [1.165, 1.54) is 17.8 Å². The van der Waals surface area contributed by atoms with Gasteiger partial charge in [-0.05, 0) is 44.0 Å². The summed E-state index contributed by atoms with van der Waals surface area (Å²) < 4.78 is 27.6. The maximum atomic E-state index is 12.5. The van der Waals surface area contributed by atoms with E-state index in [9.17, 15) is 13.2 Å². The second kappa shape index (κ2) is 7.19. The third-order valence-corrected chi connectivity index (χ3v) is 6.62. The van der Waals surface area contributed by atoms with Gasteiger partial charge in [0.05, 0.1) is 15.8 Å². The predicted molar refractivity (Wildman–Crippen MR) is 100 cm³/mol. The summed E-state index contributed by atoms with van der Waals surface area (Å²) in [4.78, 5) is 12.8. The van der Waals surface area contributed by atoms with Crippen molar-refractivity contribution in [2.24, 2.45) is 0 Å². The zero-order valence-corrected chi connectivity index (χ0v) is 15.7. The van der Waals surface area contributed by atoms with Crippen LogP contribution in [0.3, 0.4) is 0 Å². The van der Waals surface area contributed by atoms with Crippen LogP contribution in [-0.4, -0.2) is 26.1 Å². The summed E-state index contributed by atoms with van der Waals surface area (Å²) in [5.74, 6) is -0.112. The average molecular weight is 377 g/mol. The third-order valence-electron chi connectivity index (χ3n) is 3.98. The van der Waals surface area contributed by atoms with Gasteiger partial charge in [0, 0.05) is 11.4 Å². The Morgan fingerprint density at radius 1 is 1.20 bits per heavy atom. The Bertz CT molecular complexity index is 910. The van der Waals surface area contributed by atoms with Crippen LogP contribution in [0.5, 0.6) is 0 Å². The molecule has 132 valence electrons. The highest BCUT2D eigenvalue weighted by atomic mass is 32.2. The normalized spacial score (nSPS) is 17.0. The highest BCUT2D eigenvalue weighted by Gasteiger charge is 2.25. The molecule has 0 fully saturated rings. The Balaban J connectivity index is 1.70. The van der Waals surface area contributed by atoms with Gasteiger partial charge in [-0.25, -0.2) is 13.1 Å². The summed E-state index contributed by atoms with van der Waals surface area (Å²) in [5.41, 5.74) is 2.79. The Kier molecular flexibility index (Phi) is 5.17. The zero-order chi connectivity index (χ0) is 18.0. The standard InChI is InChI=1S/C18H20N2O3S2/c1-12-4-3-5-14(10-12)8-9-19-25(22,23)15-6-7-17-16(11-15)20-18(21)13(2)24-17/h3-7,10-11,13,19H,8-9H2,1-2H3,(H,20,21)/t13-/m0/s1. The smallest absolute Gasteiger partial charge is 0.240 e. The van der Waals surface area contributed by atoms with Crippen LogP contribution in [0, 0.1) is 6.92 Å². The van der Waals surface area contributed by atoms with Crippen LogP contribution in [0.4, 0.5) is 5.69 Å². The van der Waals surface area contributed by atoms with E-state index in [1.807, 2.05) is 38.1 Å². The molecule has 0 aromatic heterocycles. The third kappa shape index (κ3) is 4.23. The number of sulfonamides is 1. The Morgan fingerprint density at radius 2 is 2.00 bits per heavy atom. The van der Waals surface area contributed by atoms with Gasteiger partial charge in [-0.3, -0.25) is 4.79 Å². The van der Waals surface area contributed by atoms with Gasteiger partial charge in [-0.1, -0.05) is 29.8 Å². The van der Waals surface area contributed by atoms with Crippen LogP contribution in [-0.2, 0) is 21.2 Å². The topological polar surface area (TPSA) is 75.3 Å². The van der Waals surface area contributed by atoms with E-state index in [1.54, 1.807) is 12.1 Å². The zero-order valence-electron chi connectivity index (χ0n) is 14.1.